The molecule has 0 bridgehead atoms. The minimum Gasteiger partial charge on any atom is -0.466 e. The SMILES string of the molecule is COC(=O)[C@](F)(Br)C(F)(F)F. The maximum atomic E-state index is 12.3. The highest BCUT2D eigenvalue weighted by atomic mass is 79.9. The summed E-state index contributed by atoms with van der Waals surface area (Å²) in [4.78, 5) is 10.1. The fourth-order valence-corrected chi connectivity index (χ4v) is 0.406. The summed E-state index contributed by atoms with van der Waals surface area (Å²) in [5.74, 6) is -2.02. The second-order valence-corrected chi connectivity index (χ2v) is 2.66. The van der Waals surface area contributed by atoms with Crippen LogP contribution in [0.1, 0.15) is 0 Å². The van der Waals surface area contributed by atoms with E-state index in [1.807, 2.05) is 0 Å². The predicted octanol–water partition coefficient (Wildman–Crippen LogP) is 1.78. The average molecular weight is 239 g/mol. The summed E-state index contributed by atoms with van der Waals surface area (Å²) in [6.45, 7) is 0. The van der Waals surface area contributed by atoms with E-state index in [2.05, 4.69) is 4.74 Å². The third-order valence-corrected chi connectivity index (χ3v) is 1.57. The van der Waals surface area contributed by atoms with Crippen LogP contribution in [0, 0.1) is 0 Å². The standard InChI is InChI=1S/C4H3BrF4O2/c1-11-2(10)3(5,6)4(7,8)9/h1H3/t3-/m1/s1. The summed E-state index contributed by atoms with van der Waals surface area (Å²) in [6, 6.07) is 0. The van der Waals surface area contributed by atoms with Crippen molar-refractivity contribution in [2.75, 3.05) is 7.11 Å². The lowest BCUT2D eigenvalue weighted by Gasteiger charge is -2.17. The van der Waals surface area contributed by atoms with Crippen LogP contribution in [0.2, 0.25) is 0 Å². The molecule has 0 fully saturated rings. The molecule has 0 aromatic rings. The number of carbonyl (C=O) groups excluding carboxylic acids is 1. The van der Waals surface area contributed by atoms with Gasteiger partial charge in [0.2, 0.25) is 0 Å². The van der Waals surface area contributed by atoms with Crippen molar-refractivity contribution in [2.45, 2.75) is 10.8 Å². The Hall–Kier alpha value is -0.330. The molecule has 0 saturated carbocycles. The monoisotopic (exact) mass is 238 g/mol. The minimum absolute atomic E-state index is 0.656. The second kappa shape index (κ2) is 2.96. The van der Waals surface area contributed by atoms with E-state index in [4.69, 9.17) is 0 Å². The Morgan fingerprint density at radius 2 is 1.73 bits per heavy atom. The van der Waals surface area contributed by atoms with Gasteiger partial charge in [-0.05, 0) is 15.9 Å². The minimum atomic E-state index is -5.31. The number of halogens is 5. The van der Waals surface area contributed by atoms with Gasteiger partial charge in [-0.1, -0.05) is 0 Å². The van der Waals surface area contributed by atoms with Crippen LogP contribution in [0.3, 0.4) is 0 Å². The largest absolute Gasteiger partial charge is 0.466 e. The van der Waals surface area contributed by atoms with Crippen molar-refractivity contribution in [3.8, 4) is 0 Å². The Morgan fingerprint density at radius 1 is 1.36 bits per heavy atom. The maximum Gasteiger partial charge on any atom is 0.444 e. The van der Waals surface area contributed by atoms with Gasteiger partial charge in [0.25, 0.3) is 0 Å². The lowest BCUT2D eigenvalue weighted by atomic mass is 10.4. The van der Waals surface area contributed by atoms with Gasteiger partial charge in [-0.2, -0.15) is 13.2 Å². The van der Waals surface area contributed by atoms with E-state index in [0.717, 1.165) is 0 Å². The maximum absolute atomic E-state index is 12.3. The van der Waals surface area contributed by atoms with E-state index in [9.17, 15) is 22.4 Å². The molecule has 66 valence electrons. The van der Waals surface area contributed by atoms with Crippen molar-refractivity contribution in [3.63, 3.8) is 0 Å². The van der Waals surface area contributed by atoms with E-state index in [1.165, 1.54) is 0 Å². The van der Waals surface area contributed by atoms with E-state index < -0.39 is 16.7 Å². The molecule has 0 aromatic carbocycles. The molecule has 0 aliphatic carbocycles. The van der Waals surface area contributed by atoms with Gasteiger partial charge >= 0.3 is 16.7 Å². The van der Waals surface area contributed by atoms with E-state index in [1.54, 1.807) is 15.9 Å². The van der Waals surface area contributed by atoms with Gasteiger partial charge in [0.1, 0.15) is 0 Å². The molecule has 0 radical (unpaired) electrons. The zero-order valence-corrected chi connectivity index (χ0v) is 6.79. The van der Waals surface area contributed by atoms with Gasteiger partial charge in [-0.15, -0.1) is 0 Å². The highest BCUT2D eigenvalue weighted by molar-refractivity contribution is 9.10. The normalized spacial score (nSPS) is 17.3. The Balaban J connectivity index is 4.59. The summed E-state index contributed by atoms with van der Waals surface area (Å²) in [7, 11) is 0.656. The zero-order valence-electron chi connectivity index (χ0n) is 5.21. The smallest absolute Gasteiger partial charge is 0.444 e. The lowest BCUT2D eigenvalue weighted by molar-refractivity contribution is -0.207. The third-order valence-electron chi connectivity index (χ3n) is 0.798. The van der Waals surface area contributed by atoms with Crippen LogP contribution in [0.15, 0.2) is 0 Å². The summed E-state index contributed by atoms with van der Waals surface area (Å²) in [6.07, 6.45) is -5.31. The average Bonchev–Trinajstić information content (AvgIpc) is 1.83. The zero-order chi connectivity index (χ0) is 9.28. The molecule has 11 heavy (non-hydrogen) atoms. The highest BCUT2D eigenvalue weighted by Gasteiger charge is 2.61. The summed E-state index contributed by atoms with van der Waals surface area (Å²) in [5.41, 5.74) is 0. The molecule has 1 atom stereocenters. The molecule has 0 unspecified atom stereocenters. The number of esters is 1. The highest BCUT2D eigenvalue weighted by Crippen LogP contribution is 2.39. The number of alkyl halides is 5. The molecule has 0 spiro atoms. The molecule has 0 aromatic heterocycles. The van der Waals surface area contributed by atoms with Crippen molar-refractivity contribution < 1.29 is 27.1 Å². The van der Waals surface area contributed by atoms with Crippen LogP contribution in [0.25, 0.3) is 0 Å². The first kappa shape index (κ1) is 10.7. The molecule has 7 heteroatoms. The molecule has 0 saturated heterocycles. The topological polar surface area (TPSA) is 26.3 Å². The lowest BCUT2D eigenvalue weighted by Crippen LogP contribution is -2.43. The van der Waals surface area contributed by atoms with Crippen LogP contribution in [0.4, 0.5) is 17.6 Å². The number of carbonyl (C=O) groups is 1. The number of methoxy groups -OCH3 is 1. The van der Waals surface area contributed by atoms with Gasteiger partial charge in [0.05, 0.1) is 7.11 Å². The van der Waals surface area contributed by atoms with E-state index in [-0.39, 0.29) is 0 Å². The Bertz CT molecular complexity index is 164. The van der Waals surface area contributed by atoms with Gasteiger partial charge in [-0.3, -0.25) is 0 Å². The van der Waals surface area contributed by atoms with Gasteiger partial charge < -0.3 is 4.74 Å². The molecular weight excluding hydrogens is 236 g/mol. The third kappa shape index (κ3) is 2.05. The summed E-state index contributed by atoms with van der Waals surface area (Å²) >= 11 is 1.56. The van der Waals surface area contributed by atoms with Crippen molar-refractivity contribution >= 4 is 21.9 Å². The molecule has 2 nitrogen and oxygen atoms in total. The van der Waals surface area contributed by atoms with Crippen LogP contribution in [-0.4, -0.2) is 23.8 Å². The number of rotatable bonds is 1. The van der Waals surface area contributed by atoms with Crippen molar-refractivity contribution in [1.29, 1.82) is 0 Å². The molecule has 0 amide bonds. The first-order valence-corrected chi connectivity index (χ1v) is 3.05. The Labute approximate surface area is 67.6 Å². The molecule has 0 heterocycles. The van der Waals surface area contributed by atoms with Crippen LogP contribution in [0.5, 0.6) is 0 Å². The van der Waals surface area contributed by atoms with Crippen molar-refractivity contribution in [1.82, 2.24) is 0 Å². The summed E-state index contributed by atoms with van der Waals surface area (Å²) < 4.78 is 46.4. The van der Waals surface area contributed by atoms with Gasteiger partial charge in [-0.25, -0.2) is 9.18 Å². The molecule has 0 N–H and O–H groups in total. The fraction of sp³-hybridized carbons (Fsp3) is 0.750. The predicted molar refractivity (Wildman–Crippen MR) is 30.8 cm³/mol. The number of ether oxygens (including phenoxy) is 1. The summed E-state index contributed by atoms with van der Waals surface area (Å²) in [5, 5.41) is 0. The van der Waals surface area contributed by atoms with Crippen LogP contribution < -0.4 is 0 Å². The van der Waals surface area contributed by atoms with Gasteiger partial charge in [0, 0.05) is 0 Å². The Morgan fingerprint density at radius 3 is 1.82 bits per heavy atom. The molecule has 0 rings (SSSR count). The molecule has 0 aliphatic rings. The van der Waals surface area contributed by atoms with Crippen LogP contribution >= 0.6 is 15.9 Å². The quantitative estimate of drug-likeness (QED) is 0.396. The fourth-order valence-electron chi connectivity index (χ4n) is 0.244. The van der Waals surface area contributed by atoms with Gasteiger partial charge in [0.15, 0.2) is 0 Å². The van der Waals surface area contributed by atoms with Crippen molar-refractivity contribution in [3.05, 3.63) is 0 Å². The van der Waals surface area contributed by atoms with E-state index >= 15 is 0 Å². The molecular formula is C4H3BrF4O2. The van der Waals surface area contributed by atoms with Crippen LogP contribution in [-0.2, 0) is 9.53 Å². The first-order chi connectivity index (χ1) is 4.73. The van der Waals surface area contributed by atoms with E-state index in [0.29, 0.717) is 7.11 Å². The second-order valence-electron chi connectivity index (χ2n) is 1.56. The first-order valence-electron chi connectivity index (χ1n) is 2.26. The molecule has 0 aliphatic heterocycles. The number of hydrogen-bond acceptors (Lipinski definition) is 2. The Kier molecular flexibility index (Phi) is 2.87. The number of hydrogen-bond donors (Lipinski definition) is 0. The van der Waals surface area contributed by atoms with Crippen molar-refractivity contribution in [2.24, 2.45) is 0 Å².